The molecular formula is C29H25N3O4S. The Kier molecular flexibility index (Phi) is 7.09. The molecule has 1 N–H and O–H groups in total. The molecule has 1 aliphatic rings. The molecule has 7 nitrogen and oxygen atoms in total. The number of ether oxygens (including phenoxy) is 1. The maximum Gasteiger partial charge on any atom is 0.294 e. The van der Waals surface area contributed by atoms with Gasteiger partial charge in [0, 0.05) is 28.4 Å². The number of thioether (sulfide) groups is 1. The average Bonchev–Trinajstić information content (AvgIpc) is 3.38. The number of aromatic nitrogens is 1. The Morgan fingerprint density at radius 3 is 2.51 bits per heavy atom. The highest BCUT2D eigenvalue weighted by Gasteiger charge is 2.36. The van der Waals surface area contributed by atoms with Crippen LogP contribution in [0, 0.1) is 6.92 Å². The predicted octanol–water partition coefficient (Wildman–Crippen LogP) is 5.70. The zero-order chi connectivity index (χ0) is 25.8. The van der Waals surface area contributed by atoms with Gasteiger partial charge in [0.2, 0.25) is 5.91 Å². The number of fused-ring (bicyclic) bond motifs is 1. The van der Waals surface area contributed by atoms with Crippen LogP contribution in [-0.4, -0.2) is 39.7 Å². The van der Waals surface area contributed by atoms with E-state index in [2.05, 4.69) is 9.88 Å². The van der Waals surface area contributed by atoms with Gasteiger partial charge in [-0.3, -0.25) is 19.3 Å². The lowest BCUT2D eigenvalue weighted by Crippen LogP contribution is -2.36. The fourth-order valence-corrected chi connectivity index (χ4v) is 5.01. The Morgan fingerprint density at radius 1 is 0.973 bits per heavy atom. The summed E-state index contributed by atoms with van der Waals surface area (Å²) in [7, 11) is 0. The number of nitrogens with one attached hydrogen (secondary N) is 1. The van der Waals surface area contributed by atoms with E-state index in [9.17, 15) is 14.4 Å². The number of imide groups is 1. The smallest absolute Gasteiger partial charge is 0.294 e. The van der Waals surface area contributed by atoms with Gasteiger partial charge in [0.25, 0.3) is 11.1 Å². The monoisotopic (exact) mass is 511 g/mol. The third-order valence-electron chi connectivity index (χ3n) is 6.04. The minimum absolute atomic E-state index is 0.289. The van der Waals surface area contributed by atoms with Crippen LogP contribution < -0.4 is 10.1 Å². The molecule has 1 saturated heterocycles. The molecular weight excluding hydrogens is 486 g/mol. The second-order valence-electron chi connectivity index (χ2n) is 8.59. The van der Waals surface area contributed by atoms with Gasteiger partial charge in [0.05, 0.1) is 11.4 Å². The van der Waals surface area contributed by atoms with E-state index in [1.54, 1.807) is 12.1 Å². The summed E-state index contributed by atoms with van der Waals surface area (Å²) in [5, 5.41) is 3.27. The maximum atomic E-state index is 13.1. The van der Waals surface area contributed by atoms with E-state index < -0.39 is 17.1 Å². The van der Waals surface area contributed by atoms with E-state index >= 15 is 0 Å². The van der Waals surface area contributed by atoms with Gasteiger partial charge < -0.3 is 14.6 Å². The molecule has 0 unspecified atom stereocenters. The summed E-state index contributed by atoms with van der Waals surface area (Å²) < 4.78 is 7.92. The summed E-state index contributed by atoms with van der Waals surface area (Å²) >= 11 is 0.846. The quantitative estimate of drug-likeness (QED) is 0.307. The first-order valence-electron chi connectivity index (χ1n) is 11.9. The first kappa shape index (κ1) is 24.4. The molecule has 2 heterocycles. The minimum Gasteiger partial charge on any atom is -0.492 e. The second-order valence-corrected chi connectivity index (χ2v) is 9.58. The first-order chi connectivity index (χ1) is 18.0. The third kappa shape index (κ3) is 5.44. The highest BCUT2D eigenvalue weighted by molar-refractivity contribution is 8.18. The van der Waals surface area contributed by atoms with Gasteiger partial charge in [-0.25, -0.2) is 0 Å². The Hall–Kier alpha value is -4.30. The average molecular weight is 512 g/mol. The lowest BCUT2D eigenvalue weighted by Gasteiger charge is -2.13. The van der Waals surface area contributed by atoms with Gasteiger partial charge in [-0.05, 0) is 54.6 Å². The summed E-state index contributed by atoms with van der Waals surface area (Å²) in [6.45, 7) is 2.64. The van der Waals surface area contributed by atoms with Crippen molar-refractivity contribution in [3.05, 3.63) is 101 Å². The maximum absolute atomic E-state index is 13.1. The molecule has 0 spiro atoms. The van der Waals surface area contributed by atoms with Gasteiger partial charge >= 0.3 is 0 Å². The molecule has 1 fully saturated rings. The molecule has 3 aromatic carbocycles. The summed E-state index contributed by atoms with van der Waals surface area (Å²) in [5.41, 5.74) is 3.38. The van der Waals surface area contributed by atoms with Gasteiger partial charge in [0.1, 0.15) is 18.9 Å². The van der Waals surface area contributed by atoms with Crippen molar-refractivity contribution < 1.29 is 19.1 Å². The Labute approximate surface area is 218 Å². The van der Waals surface area contributed by atoms with Crippen LogP contribution >= 0.6 is 11.8 Å². The molecule has 0 aliphatic carbocycles. The van der Waals surface area contributed by atoms with E-state index in [1.807, 2.05) is 85.9 Å². The molecule has 0 atom stereocenters. The molecule has 4 aromatic rings. The van der Waals surface area contributed by atoms with Crippen molar-refractivity contribution in [3.8, 4) is 5.75 Å². The van der Waals surface area contributed by atoms with E-state index in [-0.39, 0.29) is 11.4 Å². The highest BCUT2D eigenvalue weighted by Crippen LogP contribution is 2.34. The van der Waals surface area contributed by atoms with Crippen LogP contribution in [0.15, 0.2) is 90.0 Å². The van der Waals surface area contributed by atoms with Crippen LogP contribution in [0.2, 0.25) is 0 Å². The lowest BCUT2D eigenvalue weighted by molar-refractivity contribution is -0.127. The number of amides is 3. The molecule has 0 bridgehead atoms. The number of carbonyl (C=O) groups is 3. The zero-order valence-electron chi connectivity index (χ0n) is 20.2. The predicted molar refractivity (Wildman–Crippen MR) is 146 cm³/mol. The number of para-hydroxylation sites is 3. The Balaban J connectivity index is 1.31. The molecule has 1 aromatic heterocycles. The van der Waals surface area contributed by atoms with Crippen molar-refractivity contribution in [3.63, 3.8) is 0 Å². The molecule has 0 radical (unpaired) electrons. The largest absolute Gasteiger partial charge is 0.492 e. The summed E-state index contributed by atoms with van der Waals surface area (Å²) in [4.78, 5) is 39.5. The topological polar surface area (TPSA) is 80.6 Å². The molecule has 3 amide bonds. The van der Waals surface area contributed by atoms with Crippen LogP contribution in [0.5, 0.6) is 5.75 Å². The van der Waals surface area contributed by atoms with Gasteiger partial charge in [-0.2, -0.15) is 0 Å². The molecule has 186 valence electrons. The van der Waals surface area contributed by atoms with E-state index in [0.717, 1.165) is 44.4 Å². The number of hydrogen-bond acceptors (Lipinski definition) is 5. The lowest BCUT2D eigenvalue weighted by atomic mass is 10.1. The SMILES string of the molecule is Cc1ccccc1NC(=O)CN1C(=O)S/C(=C\c2cn(CCOc3ccccc3)c3ccccc23)C1=O. The van der Waals surface area contributed by atoms with E-state index in [4.69, 9.17) is 4.74 Å². The van der Waals surface area contributed by atoms with Crippen LogP contribution in [0.1, 0.15) is 11.1 Å². The van der Waals surface area contributed by atoms with Crippen LogP contribution in [0.3, 0.4) is 0 Å². The highest BCUT2D eigenvalue weighted by atomic mass is 32.2. The standard InChI is InChI=1S/C29H25N3O4S/c1-20-9-5-7-13-24(20)30-27(33)19-32-28(34)26(37-29(32)35)17-21-18-31(25-14-8-6-12-23(21)25)15-16-36-22-10-3-2-4-11-22/h2-14,17-18H,15-16,19H2,1H3,(H,30,33)/b26-17-. The molecule has 37 heavy (non-hydrogen) atoms. The first-order valence-corrected chi connectivity index (χ1v) is 12.7. The number of rotatable bonds is 8. The summed E-state index contributed by atoms with van der Waals surface area (Å²) in [6, 6.07) is 24.9. The van der Waals surface area contributed by atoms with Crippen LogP contribution in [0.25, 0.3) is 17.0 Å². The Morgan fingerprint density at radius 2 is 1.70 bits per heavy atom. The summed E-state index contributed by atoms with van der Waals surface area (Å²) in [5.74, 6) is -0.0913. The van der Waals surface area contributed by atoms with Crippen molar-refractivity contribution in [2.75, 3.05) is 18.5 Å². The van der Waals surface area contributed by atoms with Crippen LogP contribution in [0.4, 0.5) is 10.5 Å². The number of aryl methyl sites for hydroxylation is 1. The van der Waals surface area contributed by atoms with Gasteiger partial charge in [0.15, 0.2) is 0 Å². The molecule has 8 heteroatoms. The van der Waals surface area contributed by atoms with E-state index in [0.29, 0.717) is 18.8 Å². The fraction of sp³-hybridized carbons (Fsp3) is 0.138. The van der Waals surface area contributed by atoms with E-state index in [1.165, 1.54) is 0 Å². The van der Waals surface area contributed by atoms with Crippen molar-refractivity contribution in [1.82, 2.24) is 9.47 Å². The molecule has 1 aliphatic heterocycles. The number of benzene rings is 3. The fourth-order valence-electron chi connectivity index (χ4n) is 4.18. The zero-order valence-corrected chi connectivity index (χ0v) is 21.0. The van der Waals surface area contributed by atoms with Gasteiger partial charge in [-0.1, -0.05) is 54.6 Å². The normalized spacial score (nSPS) is 14.5. The van der Waals surface area contributed by atoms with Crippen molar-refractivity contribution in [2.45, 2.75) is 13.5 Å². The Bertz CT molecular complexity index is 1510. The van der Waals surface area contributed by atoms with Crippen molar-refractivity contribution >= 4 is 51.5 Å². The number of carbonyl (C=O) groups excluding carboxylic acids is 3. The summed E-state index contributed by atoms with van der Waals surface area (Å²) in [6.07, 6.45) is 3.68. The third-order valence-corrected chi connectivity index (χ3v) is 6.95. The van der Waals surface area contributed by atoms with Crippen molar-refractivity contribution in [1.29, 1.82) is 0 Å². The van der Waals surface area contributed by atoms with Gasteiger partial charge in [-0.15, -0.1) is 0 Å². The second kappa shape index (κ2) is 10.8. The molecule has 0 saturated carbocycles. The number of anilines is 1. The van der Waals surface area contributed by atoms with Crippen LogP contribution in [-0.2, 0) is 16.1 Å². The molecule has 5 rings (SSSR count). The number of nitrogens with zero attached hydrogens (tertiary/aromatic N) is 2. The van der Waals surface area contributed by atoms with Crippen molar-refractivity contribution in [2.24, 2.45) is 0 Å². The minimum atomic E-state index is -0.473. The number of hydrogen-bond donors (Lipinski definition) is 1.